The number of hydrogen-bond donors (Lipinski definition) is 3. The minimum absolute atomic E-state index is 0.218. The van der Waals surface area contributed by atoms with E-state index in [2.05, 4.69) is 9.97 Å². The minimum Gasteiger partial charge on any atom is -0.368 e. The average molecular weight is 304 g/mol. The first-order valence-corrected chi connectivity index (χ1v) is 7.33. The summed E-state index contributed by atoms with van der Waals surface area (Å²) in [5, 5.41) is 0.488. The highest BCUT2D eigenvalue weighted by Gasteiger charge is 2.33. The molecule has 110 valence electrons. The number of rotatable bonds is 6. The Balaban J connectivity index is 2.08. The Morgan fingerprint density at radius 2 is 2.00 bits per heavy atom. The molecule has 6 nitrogen and oxygen atoms in total. The summed E-state index contributed by atoms with van der Waals surface area (Å²) in [6, 6.07) is 10.4. The Morgan fingerprint density at radius 1 is 1.29 bits per heavy atom. The van der Waals surface area contributed by atoms with Crippen molar-refractivity contribution in [3.63, 3.8) is 0 Å². The summed E-state index contributed by atoms with van der Waals surface area (Å²) in [5.41, 5.74) is 10.9. The third-order valence-corrected chi connectivity index (χ3v) is 4.00. The van der Waals surface area contributed by atoms with Crippen LogP contribution in [0.15, 0.2) is 52.5 Å². The molecule has 0 saturated heterocycles. The van der Waals surface area contributed by atoms with Gasteiger partial charge in [-0.15, -0.1) is 0 Å². The quantitative estimate of drug-likeness (QED) is 0.534. The van der Waals surface area contributed by atoms with Gasteiger partial charge in [0, 0.05) is 18.0 Å². The molecule has 0 aliphatic heterocycles. The molecule has 1 unspecified atom stereocenters. The van der Waals surface area contributed by atoms with Gasteiger partial charge in [0.25, 0.3) is 5.56 Å². The van der Waals surface area contributed by atoms with E-state index in [1.54, 1.807) is 12.1 Å². The number of aromatic nitrogens is 2. The molecular weight excluding hydrogens is 288 g/mol. The van der Waals surface area contributed by atoms with E-state index in [0.29, 0.717) is 22.9 Å². The van der Waals surface area contributed by atoms with E-state index in [4.69, 9.17) is 11.5 Å². The van der Waals surface area contributed by atoms with Crippen molar-refractivity contribution in [3.05, 3.63) is 58.5 Å². The lowest BCUT2D eigenvalue weighted by Crippen LogP contribution is -2.49. The molecule has 0 aliphatic rings. The number of thioether (sulfide) groups is 1. The van der Waals surface area contributed by atoms with Gasteiger partial charge in [-0.05, 0) is 12.0 Å². The number of primary amides is 1. The van der Waals surface area contributed by atoms with Gasteiger partial charge in [-0.3, -0.25) is 9.59 Å². The first-order chi connectivity index (χ1) is 10.0. The van der Waals surface area contributed by atoms with Crippen molar-refractivity contribution >= 4 is 17.7 Å². The molecule has 1 heterocycles. The zero-order valence-electron chi connectivity index (χ0n) is 11.3. The second-order valence-electron chi connectivity index (χ2n) is 4.54. The number of nitrogens with two attached hydrogens (primary N) is 2. The Labute approximate surface area is 126 Å². The van der Waals surface area contributed by atoms with Gasteiger partial charge in [0.05, 0.1) is 0 Å². The fourth-order valence-electron chi connectivity index (χ4n) is 1.88. The smallest absolute Gasteiger partial charge is 0.251 e. The van der Waals surface area contributed by atoms with Crippen molar-refractivity contribution in [1.29, 1.82) is 0 Å². The summed E-state index contributed by atoms with van der Waals surface area (Å²) in [4.78, 5) is 29.5. The molecule has 7 heteroatoms. The van der Waals surface area contributed by atoms with E-state index in [1.807, 2.05) is 18.2 Å². The molecule has 2 aromatic rings. The lowest BCUT2D eigenvalue weighted by molar-refractivity contribution is -0.123. The molecule has 2 rings (SSSR count). The van der Waals surface area contributed by atoms with Crippen LogP contribution in [0.25, 0.3) is 0 Å². The lowest BCUT2D eigenvalue weighted by atomic mass is 9.88. The number of nitrogens with zero attached hydrogens (tertiary/aromatic N) is 1. The number of carbonyl (C=O) groups is 1. The van der Waals surface area contributed by atoms with Crippen molar-refractivity contribution in [2.75, 3.05) is 5.75 Å². The molecule has 0 radical (unpaired) electrons. The van der Waals surface area contributed by atoms with Gasteiger partial charge < -0.3 is 16.5 Å². The van der Waals surface area contributed by atoms with Crippen molar-refractivity contribution in [2.45, 2.75) is 17.1 Å². The maximum Gasteiger partial charge on any atom is 0.251 e. The van der Waals surface area contributed by atoms with E-state index >= 15 is 0 Å². The van der Waals surface area contributed by atoms with Crippen LogP contribution in [0.4, 0.5) is 0 Å². The first kappa shape index (κ1) is 15.3. The average Bonchev–Trinajstić information content (AvgIpc) is 2.48. The number of nitrogens with one attached hydrogen (secondary N) is 1. The predicted octanol–water partition coefficient (Wildman–Crippen LogP) is 0.592. The van der Waals surface area contributed by atoms with Gasteiger partial charge in [-0.1, -0.05) is 42.1 Å². The second-order valence-corrected chi connectivity index (χ2v) is 5.62. The van der Waals surface area contributed by atoms with Gasteiger partial charge in [0.1, 0.15) is 5.54 Å². The number of H-pyrrole nitrogens is 1. The van der Waals surface area contributed by atoms with Gasteiger partial charge >= 0.3 is 0 Å². The summed E-state index contributed by atoms with van der Waals surface area (Å²) in [6.45, 7) is 0. The first-order valence-electron chi connectivity index (χ1n) is 6.35. The molecule has 5 N–H and O–H groups in total. The van der Waals surface area contributed by atoms with Crippen LogP contribution >= 0.6 is 11.8 Å². The van der Waals surface area contributed by atoms with Crippen LogP contribution in [0, 0.1) is 0 Å². The van der Waals surface area contributed by atoms with Crippen LogP contribution in [0.3, 0.4) is 0 Å². The number of amides is 1. The maximum absolute atomic E-state index is 11.7. The topological polar surface area (TPSA) is 115 Å². The zero-order valence-corrected chi connectivity index (χ0v) is 12.1. The van der Waals surface area contributed by atoms with E-state index in [9.17, 15) is 9.59 Å². The SMILES string of the molecule is NC(=O)C(N)(CCSc1nccc(=O)[nH]1)c1ccccc1. The zero-order chi connectivity index (χ0) is 15.3. The Bertz CT molecular complexity index is 674. The highest BCUT2D eigenvalue weighted by atomic mass is 32.2. The standard InChI is InChI=1S/C14H16N4O2S/c15-12(20)14(16,10-4-2-1-3-5-10)7-9-21-13-17-8-6-11(19)18-13/h1-6,8H,7,9,16H2,(H2,15,20)(H,17,18,19). The van der Waals surface area contributed by atoms with Crippen molar-refractivity contribution in [1.82, 2.24) is 9.97 Å². The Hall–Kier alpha value is -2.12. The minimum atomic E-state index is -1.23. The van der Waals surface area contributed by atoms with Gasteiger partial charge in [0.15, 0.2) is 5.16 Å². The molecular formula is C14H16N4O2S. The van der Waals surface area contributed by atoms with E-state index in [-0.39, 0.29) is 5.56 Å². The summed E-state index contributed by atoms with van der Waals surface area (Å²) < 4.78 is 0. The largest absolute Gasteiger partial charge is 0.368 e. The molecule has 1 aromatic carbocycles. The number of aromatic amines is 1. The van der Waals surface area contributed by atoms with Gasteiger partial charge in [-0.25, -0.2) is 4.98 Å². The van der Waals surface area contributed by atoms with Crippen molar-refractivity contribution in [2.24, 2.45) is 11.5 Å². The van der Waals surface area contributed by atoms with Crippen LogP contribution in [-0.4, -0.2) is 21.6 Å². The summed E-state index contributed by atoms with van der Waals surface area (Å²) in [5.74, 6) is -0.0785. The van der Waals surface area contributed by atoms with Crippen LogP contribution < -0.4 is 17.0 Å². The highest BCUT2D eigenvalue weighted by molar-refractivity contribution is 7.99. The predicted molar refractivity (Wildman–Crippen MR) is 81.7 cm³/mol. The fraction of sp³-hybridized carbons (Fsp3) is 0.214. The van der Waals surface area contributed by atoms with Crippen molar-refractivity contribution in [3.8, 4) is 0 Å². The molecule has 21 heavy (non-hydrogen) atoms. The molecule has 1 atom stereocenters. The molecule has 1 aromatic heterocycles. The molecule has 0 spiro atoms. The molecule has 0 fully saturated rings. The number of benzene rings is 1. The normalized spacial score (nSPS) is 13.6. The van der Waals surface area contributed by atoms with Gasteiger partial charge in [0.2, 0.25) is 5.91 Å². The Kier molecular flexibility index (Phi) is 4.77. The number of carbonyl (C=O) groups excluding carboxylic acids is 1. The van der Waals surface area contributed by atoms with Crippen LogP contribution in [-0.2, 0) is 10.3 Å². The third kappa shape index (κ3) is 3.71. The van der Waals surface area contributed by atoms with Crippen molar-refractivity contribution < 1.29 is 4.79 Å². The summed E-state index contributed by atoms with van der Waals surface area (Å²) >= 11 is 1.32. The monoisotopic (exact) mass is 304 g/mol. The second kappa shape index (κ2) is 6.55. The van der Waals surface area contributed by atoms with Crippen LogP contribution in [0.2, 0.25) is 0 Å². The van der Waals surface area contributed by atoms with E-state index in [0.717, 1.165) is 0 Å². The van der Waals surface area contributed by atoms with E-state index in [1.165, 1.54) is 24.0 Å². The maximum atomic E-state index is 11.7. The fourth-order valence-corrected chi connectivity index (χ4v) is 2.80. The number of hydrogen-bond acceptors (Lipinski definition) is 5. The molecule has 0 aliphatic carbocycles. The molecule has 0 bridgehead atoms. The summed E-state index contributed by atoms with van der Waals surface area (Å²) in [7, 11) is 0. The van der Waals surface area contributed by atoms with Crippen LogP contribution in [0.5, 0.6) is 0 Å². The highest BCUT2D eigenvalue weighted by Crippen LogP contribution is 2.25. The van der Waals surface area contributed by atoms with E-state index < -0.39 is 11.4 Å². The van der Waals surface area contributed by atoms with Gasteiger partial charge in [-0.2, -0.15) is 0 Å². The lowest BCUT2D eigenvalue weighted by Gasteiger charge is -2.26. The molecule has 0 saturated carbocycles. The third-order valence-electron chi connectivity index (χ3n) is 3.11. The van der Waals surface area contributed by atoms with Crippen LogP contribution in [0.1, 0.15) is 12.0 Å². The molecule has 1 amide bonds. The summed E-state index contributed by atoms with van der Waals surface area (Å²) in [6.07, 6.45) is 1.78. The Morgan fingerprint density at radius 3 is 2.62 bits per heavy atom.